The number of rotatable bonds is 8. The summed E-state index contributed by atoms with van der Waals surface area (Å²) >= 11 is 0. The van der Waals surface area contributed by atoms with E-state index in [0.717, 1.165) is 22.5 Å². The standard InChI is InChI=1S/C23H21F3N4O4/c1-15(16-7-3-2-4-8-16)27-22(33)17-9-5-6-10-18(17)28-20(31)14-34-21(32)13-30-12-11-19(29-30)23(24,25)26/h2-12,15H,13-14H2,1H3,(H,27,33)(H,28,31). The van der Waals surface area contributed by atoms with Crippen molar-refractivity contribution in [3.63, 3.8) is 0 Å². The van der Waals surface area contributed by atoms with Gasteiger partial charge in [0.05, 0.1) is 17.3 Å². The molecule has 0 saturated heterocycles. The summed E-state index contributed by atoms with van der Waals surface area (Å²) in [6.07, 6.45) is -3.65. The van der Waals surface area contributed by atoms with Crippen LogP contribution in [0.2, 0.25) is 0 Å². The Balaban J connectivity index is 1.54. The molecule has 11 heteroatoms. The van der Waals surface area contributed by atoms with Gasteiger partial charge in [-0.05, 0) is 30.7 Å². The molecule has 2 aromatic carbocycles. The van der Waals surface area contributed by atoms with E-state index in [0.29, 0.717) is 0 Å². The number of hydrogen-bond acceptors (Lipinski definition) is 5. The van der Waals surface area contributed by atoms with Crippen molar-refractivity contribution < 1.29 is 32.3 Å². The second-order valence-electron chi connectivity index (χ2n) is 7.26. The number of carbonyl (C=O) groups excluding carboxylic acids is 3. The van der Waals surface area contributed by atoms with Gasteiger partial charge in [0.1, 0.15) is 6.54 Å². The fourth-order valence-corrected chi connectivity index (χ4v) is 3.00. The maximum absolute atomic E-state index is 12.7. The Kier molecular flexibility index (Phi) is 7.67. The Hall–Kier alpha value is -4.15. The second-order valence-corrected chi connectivity index (χ2v) is 7.26. The highest BCUT2D eigenvalue weighted by molar-refractivity contribution is 6.04. The topological polar surface area (TPSA) is 102 Å². The molecule has 34 heavy (non-hydrogen) atoms. The smallest absolute Gasteiger partial charge is 0.435 e. The third kappa shape index (κ3) is 6.67. The van der Waals surface area contributed by atoms with Gasteiger partial charge in [-0.3, -0.25) is 19.1 Å². The number of carbonyl (C=O) groups is 3. The normalized spacial score (nSPS) is 12.0. The molecule has 3 aromatic rings. The van der Waals surface area contributed by atoms with Crippen LogP contribution in [0.3, 0.4) is 0 Å². The van der Waals surface area contributed by atoms with Crippen molar-refractivity contribution in [1.82, 2.24) is 15.1 Å². The zero-order valence-electron chi connectivity index (χ0n) is 18.0. The molecule has 0 saturated carbocycles. The number of aromatic nitrogens is 2. The average Bonchev–Trinajstić information content (AvgIpc) is 3.27. The lowest BCUT2D eigenvalue weighted by atomic mass is 10.1. The molecule has 1 unspecified atom stereocenters. The summed E-state index contributed by atoms with van der Waals surface area (Å²) in [4.78, 5) is 36.8. The molecule has 0 aliphatic carbocycles. The van der Waals surface area contributed by atoms with E-state index in [2.05, 4.69) is 15.7 Å². The van der Waals surface area contributed by atoms with E-state index in [4.69, 9.17) is 4.74 Å². The molecule has 8 nitrogen and oxygen atoms in total. The van der Waals surface area contributed by atoms with Crippen molar-refractivity contribution in [2.75, 3.05) is 11.9 Å². The lowest BCUT2D eigenvalue weighted by Crippen LogP contribution is -2.29. The van der Waals surface area contributed by atoms with Crippen LogP contribution in [-0.2, 0) is 27.0 Å². The van der Waals surface area contributed by atoms with Gasteiger partial charge in [-0.25, -0.2) is 0 Å². The molecule has 178 valence electrons. The van der Waals surface area contributed by atoms with Crippen LogP contribution >= 0.6 is 0 Å². The van der Waals surface area contributed by atoms with E-state index in [1.807, 2.05) is 37.3 Å². The molecule has 0 bridgehead atoms. The van der Waals surface area contributed by atoms with Crippen LogP contribution in [0, 0.1) is 0 Å². The minimum Gasteiger partial charge on any atom is -0.454 e. The molecule has 0 aliphatic rings. The van der Waals surface area contributed by atoms with Crippen LogP contribution in [0.4, 0.5) is 18.9 Å². The first kappa shape index (κ1) is 24.5. The molecule has 3 rings (SSSR count). The number of benzene rings is 2. The molecular formula is C23H21F3N4O4. The zero-order valence-corrected chi connectivity index (χ0v) is 18.0. The average molecular weight is 474 g/mol. The van der Waals surface area contributed by atoms with Crippen molar-refractivity contribution >= 4 is 23.5 Å². The molecule has 1 aromatic heterocycles. The first-order valence-corrected chi connectivity index (χ1v) is 10.1. The van der Waals surface area contributed by atoms with E-state index in [1.54, 1.807) is 12.1 Å². The van der Waals surface area contributed by atoms with Crippen LogP contribution in [0.15, 0.2) is 66.9 Å². The van der Waals surface area contributed by atoms with Gasteiger partial charge in [0.15, 0.2) is 12.3 Å². The van der Waals surface area contributed by atoms with Crippen molar-refractivity contribution in [1.29, 1.82) is 0 Å². The van der Waals surface area contributed by atoms with E-state index in [1.165, 1.54) is 12.1 Å². The van der Waals surface area contributed by atoms with Gasteiger partial charge in [-0.1, -0.05) is 42.5 Å². The van der Waals surface area contributed by atoms with Crippen molar-refractivity contribution in [2.45, 2.75) is 25.7 Å². The van der Waals surface area contributed by atoms with Crippen LogP contribution in [0.5, 0.6) is 0 Å². The number of esters is 1. The van der Waals surface area contributed by atoms with Crippen LogP contribution in [-0.4, -0.2) is 34.2 Å². The summed E-state index contributed by atoms with van der Waals surface area (Å²) in [7, 11) is 0. The summed E-state index contributed by atoms with van der Waals surface area (Å²) in [5, 5.41) is 8.59. The maximum atomic E-state index is 12.7. The monoisotopic (exact) mass is 474 g/mol. The highest BCUT2D eigenvalue weighted by atomic mass is 19.4. The molecule has 0 fully saturated rings. The lowest BCUT2D eigenvalue weighted by molar-refractivity contribution is -0.148. The Morgan fingerprint density at radius 2 is 1.71 bits per heavy atom. The van der Waals surface area contributed by atoms with Gasteiger partial charge in [0, 0.05) is 6.20 Å². The number of hydrogen-bond donors (Lipinski definition) is 2. The van der Waals surface area contributed by atoms with E-state index < -0.39 is 42.8 Å². The Morgan fingerprint density at radius 3 is 2.38 bits per heavy atom. The van der Waals surface area contributed by atoms with Crippen molar-refractivity contribution in [2.24, 2.45) is 0 Å². The SMILES string of the molecule is CC(NC(=O)c1ccccc1NC(=O)COC(=O)Cn1ccc(C(F)(F)F)n1)c1ccccc1. The number of anilines is 1. The molecule has 1 atom stereocenters. The number of nitrogens with zero attached hydrogens (tertiary/aromatic N) is 2. The maximum Gasteiger partial charge on any atom is 0.435 e. The Labute approximate surface area is 192 Å². The summed E-state index contributed by atoms with van der Waals surface area (Å²) in [5.74, 6) is -2.08. The fraction of sp³-hybridized carbons (Fsp3) is 0.217. The van der Waals surface area contributed by atoms with Crippen LogP contribution < -0.4 is 10.6 Å². The second kappa shape index (κ2) is 10.6. The summed E-state index contributed by atoms with van der Waals surface area (Å²) in [5.41, 5.74) is 0.183. The van der Waals surface area contributed by atoms with Gasteiger partial charge < -0.3 is 15.4 Å². The van der Waals surface area contributed by atoms with E-state index >= 15 is 0 Å². The third-order valence-electron chi connectivity index (χ3n) is 4.68. The fourth-order valence-electron chi connectivity index (χ4n) is 3.00. The van der Waals surface area contributed by atoms with Gasteiger partial charge >= 0.3 is 12.1 Å². The van der Waals surface area contributed by atoms with Gasteiger partial charge in [0.2, 0.25) is 0 Å². The predicted molar refractivity (Wildman–Crippen MR) is 116 cm³/mol. The number of para-hydroxylation sites is 1. The largest absolute Gasteiger partial charge is 0.454 e. The zero-order chi connectivity index (χ0) is 24.7. The van der Waals surface area contributed by atoms with E-state index in [-0.39, 0.29) is 17.3 Å². The van der Waals surface area contributed by atoms with Crippen LogP contribution in [0.25, 0.3) is 0 Å². The van der Waals surface area contributed by atoms with Gasteiger partial charge in [-0.15, -0.1) is 0 Å². The molecule has 0 aliphatic heterocycles. The molecule has 0 spiro atoms. The quantitative estimate of drug-likeness (QED) is 0.486. The highest BCUT2D eigenvalue weighted by Gasteiger charge is 2.33. The molecular weight excluding hydrogens is 453 g/mol. The minimum absolute atomic E-state index is 0.209. The number of halogens is 3. The molecule has 0 radical (unpaired) electrons. The van der Waals surface area contributed by atoms with Gasteiger partial charge in [-0.2, -0.15) is 18.3 Å². The summed E-state index contributed by atoms with van der Waals surface area (Å²) < 4.78 is 43.3. The van der Waals surface area contributed by atoms with Crippen molar-refractivity contribution in [3.8, 4) is 0 Å². The first-order valence-electron chi connectivity index (χ1n) is 10.1. The minimum atomic E-state index is -4.63. The predicted octanol–water partition coefficient (Wildman–Crippen LogP) is 3.57. The first-order chi connectivity index (χ1) is 16.1. The van der Waals surface area contributed by atoms with Crippen molar-refractivity contribution in [3.05, 3.63) is 83.7 Å². The number of alkyl halides is 3. The van der Waals surface area contributed by atoms with E-state index in [9.17, 15) is 27.6 Å². The number of nitrogens with one attached hydrogen (secondary N) is 2. The molecule has 1 heterocycles. The summed E-state index contributed by atoms with van der Waals surface area (Å²) in [6, 6.07) is 16.1. The number of amides is 2. The Bertz CT molecular complexity index is 1160. The van der Waals surface area contributed by atoms with Gasteiger partial charge in [0.25, 0.3) is 11.8 Å². The third-order valence-corrected chi connectivity index (χ3v) is 4.68. The molecule has 2 N–H and O–H groups in total. The highest BCUT2D eigenvalue weighted by Crippen LogP contribution is 2.27. The Morgan fingerprint density at radius 1 is 1.03 bits per heavy atom. The molecule has 2 amide bonds. The summed E-state index contributed by atoms with van der Waals surface area (Å²) in [6.45, 7) is 0.535. The lowest BCUT2D eigenvalue weighted by Gasteiger charge is -2.16. The number of ether oxygens (including phenoxy) is 1. The van der Waals surface area contributed by atoms with Crippen LogP contribution in [0.1, 0.15) is 34.6 Å².